The van der Waals surface area contributed by atoms with Crippen molar-refractivity contribution in [3.8, 4) is 5.69 Å². The van der Waals surface area contributed by atoms with Crippen molar-refractivity contribution < 1.29 is 0 Å². The van der Waals surface area contributed by atoms with Gasteiger partial charge in [-0.25, -0.2) is 9.97 Å². The van der Waals surface area contributed by atoms with Gasteiger partial charge in [-0.1, -0.05) is 18.2 Å². The third-order valence-electron chi connectivity index (χ3n) is 2.68. The number of benzene rings is 1. The predicted octanol–water partition coefficient (Wildman–Crippen LogP) is 2.43. The van der Waals surface area contributed by atoms with Crippen LogP contribution in [0.2, 0.25) is 0 Å². The normalized spacial score (nSPS) is 10.4. The lowest BCUT2D eigenvalue weighted by molar-refractivity contribution is 0.878. The molecule has 0 fully saturated rings. The highest BCUT2D eigenvalue weighted by molar-refractivity contribution is 9.10. The molecular formula is C13H11BrN6. The molecule has 3 aromatic rings. The largest absolute Gasteiger partial charge is 0.347 e. The van der Waals surface area contributed by atoms with Gasteiger partial charge in [0.2, 0.25) is 5.95 Å². The summed E-state index contributed by atoms with van der Waals surface area (Å²) < 4.78 is 2.77. The molecule has 1 N–H and O–H groups in total. The van der Waals surface area contributed by atoms with Crippen molar-refractivity contribution >= 4 is 21.9 Å². The van der Waals surface area contributed by atoms with E-state index in [1.165, 1.54) is 0 Å². The van der Waals surface area contributed by atoms with Crippen LogP contribution < -0.4 is 5.32 Å². The maximum Gasteiger partial charge on any atom is 0.223 e. The van der Waals surface area contributed by atoms with Crippen LogP contribution >= 0.6 is 15.9 Å². The van der Waals surface area contributed by atoms with Crippen LogP contribution in [0.3, 0.4) is 0 Å². The van der Waals surface area contributed by atoms with Crippen molar-refractivity contribution in [2.75, 3.05) is 5.32 Å². The molecule has 0 aliphatic carbocycles. The summed E-state index contributed by atoms with van der Waals surface area (Å²) >= 11 is 3.30. The summed E-state index contributed by atoms with van der Waals surface area (Å²) in [5.74, 6) is 1.35. The van der Waals surface area contributed by atoms with Gasteiger partial charge in [-0.15, -0.1) is 10.2 Å². The molecule has 0 aliphatic heterocycles. The number of hydrogen-bond donors (Lipinski definition) is 1. The van der Waals surface area contributed by atoms with Crippen molar-refractivity contribution in [1.82, 2.24) is 24.7 Å². The van der Waals surface area contributed by atoms with Gasteiger partial charge in [0.15, 0.2) is 5.82 Å². The molecule has 100 valence electrons. The maximum absolute atomic E-state index is 4.15. The van der Waals surface area contributed by atoms with Gasteiger partial charge < -0.3 is 5.32 Å². The molecule has 0 aliphatic rings. The van der Waals surface area contributed by atoms with Crippen LogP contribution in [0, 0.1) is 0 Å². The molecule has 0 radical (unpaired) electrons. The highest BCUT2D eigenvalue weighted by Crippen LogP contribution is 2.11. The molecule has 0 unspecified atom stereocenters. The van der Waals surface area contributed by atoms with Crippen LogP contribution in [0.1, 0.15) is 5.82 Å². The lowest BCUT2D eigenvalue weighted by atomic mass is 10.3. The van der Waals surface area contributed by atoms with E-state index < -0.39 is 0 Å². The Bertz CT molecular complexity index is 680. The molecule has 0 saturated heterocycles. The Morgan fingerprint density at radius 2 is 1.85 bits per heavy atom. The fourth-order valence-corrected chi connectivity index (χ4v) is 1.95. The monoisotopic (exact) mass is 330 g/mol. The Morgan fingerprint density at radius 3 is 2.60 bits per heavy atom. The van der Waals surface area contributed by atoms with Gasteiger partial charge in [0.25, 0.3) is 0 Å². The third kappa shape index (κ3) is 2.83. The second kappa shape index (κ2) is 5.79. The molecule has 0 saturated carbocycles. The van der Waals surface area contributed by atoms with Gasteiger partial charge in [-0.3, -0.25) is 4.57 Å². The first-order valence-corrected chi connectivity index (χ1v) is 6.78. The van der Waals surface area contributed by atoms with Gasteiger partial charge >= 0.3 is 0 Å². The standard InChI is InChI=1S/C13H11BrN6/c14-10-6-15-13(16-7-10)17-8-12-19-18-9-20(12)11-4-2-1-3-5-11/h1-7,9H,8H2,(H,15,16,17). The number of nitrogens with one attached hydrogen (secondary N) is 1. The number of anilines is 1. The average Bonchev–Trinajstić information content (AvgIpc) is 2.96. The second-order valence-electron chi connectivity index (χ2n) is 4.03. The van der Waals surface area contributed by atoms with E-state index in [1.807, 2.05) is 34.9 Å². The highest BCUT2D eigenvalue weighted by Gasteiger charge is 2.06. The average molecular weight is 331 g/mol. The molecule has 0 amide bonds. The van der Waals surface area contributed by atoms with Crippen molar-refractivity contribution in [1.29, 1.82) is 0 Å². The smallest absolute Gasteiger partial charge is 0.223 e. The van der Waals surface area contributed by atoms with Gasteiger partial charge in [0, 0.05) is 18.1 Å². The summed E-state index contributed by atoms with van der Waals surface area (Å²) in [5, 5.41) is 11.2. The Labute approximate surface area is 124 Å². The maximum atomic E-state index is 4.15. The number of para-hydroxylation sites is 1. The third-order valence-corrected chi connectivity index (χ3v) is 3.09. The van der Waals surface area contributed by atoms with E-state index in [0.717, 1.165) is 16.0 Å². The minimum Gasteiger partial charge on any atom is -0.347 e. The van der Waals surface area contributed by atoms with E-state index in [1.54, 1.807) is 18.7 Å². The highest BCUT2D eigenvalue weighted by atomic mass is 79.9. The lowest BCUT2D eigenvalue weighted by Gasteiger charge is -2.07. The van der Waals surface area contributed by atoms with Crippen LogP contribution in [0.4, 0.5) is 5.95 Å². The molecule has 20 heavy (non-hydrogen) atoms. The zero-order valence-corrected chi connectivity index (χ0v) is 12.0. The molecule has 3 rings (SSSR count). The first kappa shape index (κ1) is 12.7. The zero-order chi connectivity index (χ0) is 13.8. The van der Waals surface area contributed by atoms with Crippen LogP contribution in [-0.4, -0.2) is 24.7 Å². The second-order valence-corrected chi connectivity index (χ2v) is 4.95. The number of rotatable bonds is 4. The molecule has 0 spiro atoms. The van der Waals surface area contributed by atoms with Crippen molar-refractivity contribution in [3.63, 3.8) is 0 Å². The van der Waals surface area contributed by atoms with E-state index >= 15 is 0 Å². The minimum atomic E-state index is 0.497. The van der Waals surface area contributed by atoms with E-state index in [4.69, 9.17) is 0 Å². The van der Waals surface area contributed by atoms with E-state index in [2.05, 4.69) is 41.4 Å². The molecule has 0 bridgehead atoms. The van der Waals surface area contributed by atoms with Crippen LogP contribution in [0.5, 0.6) is 0 Å². The first-order valence-electron chi connectivity index (χ1n) is 5.98. The minimum absolute atomic E-state index is 0.497. The topological polar surface area (TPSA) is 68.5 Å². The SMILES string of the molecule is Brc1cnc(NCc2nncn2-c2ccccc2)nc1. The number of nitrogens with zero attached hydrogens (tertiary/aromatic N) is 5. The number of hydrogen-bond acceptors (Lipinski definition) is 5. The number of aromatic nitrogens is 5. The molecule has 6 nitrogen and oxygen atoms in total. The zero-order valence-electron chi connectivity index (χ0n) is 10.4. The summed E-state index contributed by atoms with van der Waals surface area (Å²) in [5.41, 5.74) is 1.02. The van der Waals surface area contributed by atoms with E-state index in [0.29, 0.717) is 12.5 Å². The summed E-state index contributed by atoms with van der Waals surface area (Å²) in [4.78, 5) is 8.31. The fraction of sp³-hybridized carbons (Fsp3) is 0.0769. The van der Waals surface area contributed by atoms with E-state index in [-0.39, 0.29) is 0 Å². The van der Waals surface area contributed by atoms with Gasteiger partial charge in [-0.2, -0.15) is 0 Å². The van der Waals surface area contributed by atoms with Crippen LogP contribution in [-0.2, 0) is 6.54 Å². The van der Waals surface area contributed by atoms with Crippen molar-refractivity contribution in [2.24, 2.45) is 0 Å². The molecule has 0 atom stereocenters. The molecule has 7 heteroatoms. The van der Waals surface area contributed by atoms with Crippen LogP contribution in [0.15, 0.2) is 53.5 Å². The predicted molar refractivity (Wildman–Crippen MR) is 78.4 cm³/mol. The molecule has 2 aromatic heterocycles. The summed E-state index contributed by atoms with van der Waals surface area (Å²) in [6.45, 7) is 0.497. The fourth-order valence-electron chi connectivity index (χ4n) is 1.75. The van der Waals surface area contributed by atoms with Gasteiger partial charge in [-0.05, 0) is 28.1 Å². The summed E-state index contributed by atoms with van der Waals surface area (Å²) in [7, 11) is 0. The Balaban J connectivity index is 1.76. The van der Waals surface area contributed by atoms with Gasteiger partial charge in [0.05, 0.1) is 11.0 Å². The van der Waals surface area contributed by atoms with Crippen molar-refractivity contribution in [2.45, 2.75) is 6.54 Å². The Hall–Kier alpha value is -2.28. The molecule has 1 aromatic carbocycles. The van der Waals surface area contributed by atoms with Gasteiger partial charge in [0.1, 0.15) is 6.33 Å². The lowest BCUT2D eigenvalue weighted by Crippen LogP contribution is -2.08. The van der Waals surface area contributed by atoms with Crippen molar-refractivity contribution in [3.05, 3.63) is 59.3 Å². The first-order chi connectivity index (χ1) is 9.83. The van der Waals surface area contributed by atoms with E-state index in [9.17, 15) is 0 Å². The molecule has 2 heterocycles. The Morgan fingerprint density at radius 1 is 1.10 bits per heavy atom. The molecular weight excluding hydrogens is 320 g/mol. The summed E-state index contributed by atoms with van der Waals surface area (Å²) in [6, 6.07) is 9.93. The number of halogens is 1. The Kier molecular flexibility index (Phi) is 3.69. The summed E-state index contributed by atoms with van der Waals surface area (Å²) in [6.07, 6.45) is 5.07. The van der Waals surface area contributed by atoms with Crippen LogP contribution in [0.25, 0.3) is 5.69 Å². The quantitative estimate of drug-likeness (QED) is 0.795.